The van der Waals surface area contributed by atoms with Crippen molar-refractivity contribution in [3.63, 3.8) is 0 Å². The summed E-state index contributed by atoms with van der Waals surface area (Å²) < 4.78 is 0. The summed E-state index contributed by atoms with van der Waals surface area (Å²) in [5.41, 5.74) is 7.84. The van der Waals surface area contributed by atoms with E-state index in [9.17, 15) is 0 Å². The number of fused-ring (bicyclic) bond motifs is 2. The molecule has 0 saturated heterocycles. The monoisotopic (exact) mass is 522 g/mol. The summed E-state index contributed by atoms with van der Waals surface area (Å²) in [5.74, 6) is 0. The minimum absolute atomic E-state index is 1.18. The zero-order chi connectivity index (χ0) is 27.6. The predicted molar refractivity (Wildman–Crippen MR) is 179 cm³/mol. The number of hydrogen-bond donors (Lipinski definition) is 0. The molecule has 0 unspecified atom stereocenters. The first-order chi connectivity index (χ1) is 19.7. The van der Waals surface area contributed by atoms with Gasteiger partial charge in [0, 0.05) is 0 Å². The van der Waals surface area contributed by atoms with Crippen molar-refractivity contribution in [3.05, 3.63) is 130 Å². The Morgan fingerprint density at radius 3 is 1.15 bits per heavy atom. The number of benzene rings is 5. The Morgan fingerprint density at radius 1 is 0.375 bits per heavy atom. The Balaban J connectivity index is 1.26. The molecule has 0 N–H and O–H groups in total. The van der Waals surface area contributed by atoms with Crippen molar-refractivity contribution < 1.29 is 0 Å². The maximum atomic E-state index is 2.32. The number of aryl methyl sites for hydroxylation is 2. The molecule has 40 heavy (non-hydrogen) atoms. The van der Waals surface area contributed by atoms with Gasteiger partial charge in [0.15, 0.2) is 0 Å². The standard InChI is InChI=1S/C40H42/c1-3-5-7-9-31-11-15-33(16-12-31)19-21-35-23-25-37-30-40-28-36(24-26-38(40)29-39(37)27-35)22-20-34-17-13-32(14-18-34)10-8-6-4-2/h11-30H,3-10H2,1-2H3/b21-19+,22-20+. The van der Waals surface area contributed by atoms with Crippen molar-refractivity contribution in [2.24, 2.45) is 0 Å². The molecule has 0 nitrogen and oxygen atoms in total. The summed E-state index contributed by atoms with van der Waals surface area (Å²) in [5, 5.41) is 5.12. The Labute approximate surface area is 241 Å². The quantitative estimate of drug-likeness (QED) is 0.0868. The number of rotatable bonds is 12. The molecular formula is C40H42. The fraction of sp³-hybridized carbons (Fsp3) is 0.250. The molecule has 0 spiro atoms. The number of unbranched alkanes of at least 4 members (excludes halogenated alkanes) is 4. The summed E-state index contributed by atoms with van der Waals surface area (Å²) in [6.45, 7) is 4.52. The molecule has 5 aromatic rings. The van der Waals surface area contributed by atoms with E-state index in [2.05, 4.69) is 135 Å². The third kappa shape index (κ3) is 7.60. The van der Waals surface area contributed by atoms with E-state index in [4.69, 9.17) is 0 Å². The first kappa shape index (κ1) is 27.7. The van der Waals surface area contributed by atoms with Crippen molar-refractivity contribution in [1.82, 2.24) is 0 Å². The van der Waals surface area contributed by atoms with Gasteiger partial charge in [0.2, 0.25) is 0 Å². The highest BCUT2D eigenvalue weighted by atomic mass is 14.1. The fourth-order valence-electron chi connectivity index (χ4n) is 5.38. The minimum atomic E-state index is 1.18. The fourth-order valence-corrected chi connectivity index (χ4v) is 5.38. The van der Waals surface area contributed by atoms with Gasteiger partial charge in [-0.1, -0.05) is 137 Å². The van der Waals surface area contributed by atoms with Gasteiger partial charge in [-0.2, -0.15) is 0 Å². The molecule has 0 aliphatic heterocycles. The van der Waals surface area contributed by atoms with Crippen molar-refractivity contribution >= 4 is 45.8 Å². The Kier molecular flexibility index (Phi) is 9.64. The highest BCUT2D eigenvalue weighted by Crippen LogP contribution is 2.26. The van der Waals surface area contributed by atoms with E-state index in [1.165, 1.54) is 106 Å². The van der Waals surface area contributed by atoms with Gasteiger partial charge in [0.25, 0.3) is 0 Å². The van der Waals surface area contributed by atoms with Gasteiger partial charge in [0.05, 0.1) is 0 Å². The normalized spacial score (nSPS) is 11.8. The predicted octanol–water partition coefficient (Wildman–Crippen LogP) is 11.8. The van der Waals surface area contributed by atoms with Crippen LogP contribution in [0.25, 0.3) is 45.8 Å². The average Bonchev–Trinajstić information content (AvgIpc) is 2.99. The van der Waals surface area contributed by atoms with Crippen LogP contribution in [0, 0.1) is 0 Å². The van der Waals surface area contributed by atoms with Crippen LogP contribution in [0.15, 0.2) is 97.1 Å². The van der Waals surface area contributed by atoms with E-state index >= 15 is 0 Å². The van der Waals surface area contributed by atoms with E-state index in [0.717, 1.165) is 0 Å². The van der Waals surface area contributed by atoms with Crippen LogP contribution in [-0.2, 0) is 12.8 Å². The third-order valence-corrected chi connectivity index (χ3v) is 7.88. The second-order valence-corrected chi connectivity index (χ2v) is 11.1. The Bertz CT molecular complexity index is 1460. The molecule has 0 saturated carbocycles. The molecule has 0 atom stereocenters. The second-order valence-electron chi connectivity index (χ2n) is 11.1. The molecule has 0 amide bonds. The second kappa shape index (κ2) is 13.9. The summed E-state index contributed by atoms with van der Waals surface area (Å²) in [6, 6.07) is 36.2. The van der Waals surface area contributed by atoms with Gasteiger partial charge in [-0.05, 0) is 105 Å². The lowest BCUT2D eigenvalue weighted by molar-refractivity contribution is 0.717. The molecule has 202 valence electrons. The maximum absolute atomic E-state index is 2.32. The van der Waals surface area contributed by atoms with Crippen LogP contribution in [0.2, 0.25) is 0 Å². The van der Waals surface area contributed by atoms with Gasteiger partial charge in [-0.3, -0.25) is 0 Å². The summed E-state index contributed by atoms with van der Waals surface area (Å²) >= 11 is 0. The van der Waals surface area contributed by atoms with Gasteiger partial charge in [0.1, 0.15) is 0 Å². The van der Waals surface area contributed by atoms with E-state index in [1.54, 1.807) is 0 Å². The largest absolute Gasteiger partial charge is 0.0654 e. The van der Waals surface area contributed by atoms with E-state index in [1.807, 2.05) is 0 Å². The van der Waals surface area contributed by atoms with Crippen LogP contribution in [0.4, 0.5) is 0 Å². The summed E-state index contributed by atoms with van der Waals surface area (Å²) in [7, 11) is 0. The van der Waals surface area contributed by atoms with Gasteiger partial charge in [-0.15, -0.1) is 0 Å². The lowest BCUT2D eigenvalue weighted by Gasteiger charge is -2.06. The van der Waals surface area contributed by atoms with Crippen molar-refractivity contribution in [2.45, 2.75) is 65.2 Å². The van der Waals surface area contributed by atoms with Crippen LogP contribution in [0.1, 0.15) is 85.8 Å². The maximum Gasteiger partial charge on any atom is -0.0172 e. The smallest absolute Gasteiger partial charge is 0.0172 e. The van der Waals surface area contributed by atoms with E-state index in [-0.39, 0.29) is 0 Å². The first-order valence-electron chi connectivity index (χ1n) is 15.2. The highest BCUT2D eigenvalue weighted by Gasteiger charge is 2.01. The van der Waals surface area contributed by atoms with Gasteiger partial charge < -0.3 is 0 Å². The molecule has 0 heterocycles. The molecule has 5 aromatic carbocycles. The average molecular weight is 523 g/mol. The first-order valence-corrected chi connectivity index (χ1v) is 15.2. The zero-order valence-corrected chi connectivity index (χ0v) is 24.2. The Hall–Kier alpha value is -3.90. The summed E-state index contributed by atoms with van der Waals surface area (Å²) in [4.78, 5) is 0. The van der Waals surface area contributed by atoms with Crippen LogP contribution in [0.3, 0.4) is 0 Å². The molecule has 0 fully saturated rings. The molecule has 0 aliphatic carbocycles. The van der Waals surface area contributed by atoms with Gasteiger partial charge in [-0.25, -0.2) is 0 Å². The Morgan fingerprint density at radius 2 is 0.750 bits per heavy atom. The molecule has 5 rings (SSSR count). The lowest BCUT2D eigenvalue weighted by atomic mass is 9.99. The van der Waals surface area contributed by atoms with Crippen LogP contribution in [0.5, 0.6) is 0 Å². The highest BCUT2D eigenvalue weighted by molar-refractivity contribution is 6.00. The van der Waals surface area contributed by atoms with E-state index in [0.29, 0.717) is 0 Å². The van der Waals surface area contributed by atoms with Gasteiger partial charge >= 0.3 is 0 Å². The van der Waals surface area contributed by atoms with Crippen LogP contribution >= 0.6 is 0 Å². The van der Waals surface area contributed by atoms with Crippen molar-refractivity contribution in [2.75, 3.05) is 0 Å². The molecule has 0 radical (unpaired) electrons. The molecule has 0 heteroatoms. The van der Waals surface area contributed by atoms with Crippen LogP contribution in [-0.4, -0.2) is 0 Å². The molecule has 0 bridgehead atoms. The number of hydrogen-bond acceptors (Lipinski definition) is 0. The minimum Gasteiger partial charge on any atom is -0.0654 e. The SMILES string of the molecule is CCCCCc1ccc(/C=C/c2ccc3cc4cc(/C=C/c5ccc(CCCCC)cc5)ccc4cc3c2)cc1. The topological polar surface area (TPSA) is 0 Å². The zero-order valence-electron chi connectivity index (χ0n) is 24.2. The van der Waals surface area contributed by atoms with Crippen molar-refractivity contribution in [3.8, 4) is 0 Å². The van der Waals surface area contributed by atoms with Crippen molar-refractivity contribution in [1.29, 1.82) is 0 Å². The lowest BCUT2D eigenvalue weighted by Crippen LogP contribution is -1.85. The summed E-state index contributed by atoms with van der Waals surface area (Å²) in [6.07, 6.45) is 19.0. The third-order valence-electron chi connectivity index (χ3n) is 7.88. The van der Waals surface area contributed by atoms with Crippen LogP contribution < -0.4 is 0 Å². The molecule has 0 aromatic heterocycles. The molecular weight excluding hydrogens is 480 g/mol. The molecule has 0 aliphatic rings. The van der Waals surface area contributed by atoms with E-state index < -0.39 is 0 Å².